The molecule has 1 saturated heterocycles. The van der Waals surface area contributed by atoms with Crippen LogP contribution in [0, 0.1) is 0 Å². The van der Waals surface area contributed by atoms with E-state index in [1.165, 1.54) is 6.33 Å². The zero-order valence-electron chi connectivity index (χ0n) is 9.16. The lowest BCUT2D eigenvalue weighted by molar-refractivity contribution is 0.410. The standard InChI is InChI=1S/C10H15ClN4O/c1-2-3-15(7-4-12-5-7)9-8(11)10(16)14-6-13-9/h6-7,12H,2-5H2,1H3,(H,13,14,16). The fraction of sp³-hybridized carbons (Fsp3) is 0.600. The third-order valence-electron chi connectivity index (χ3n) is 2.72. The van der Waals surface area contributed by atoms with E-state index in [-0.39, 0.29) is 10.6 Å². The van der Waals surface area contributed by atoms with Gasteiger partial charge in [-0.15, -0.1) is 0 Å². The van der Waals surface area contributed by atoms with Crippen molar-refractivity contribution in [1.29, 1.82) is 0 Å². The first kappa shape index (κ1) is 11.4. The van der Waals surface area contributed by atoms with Crippen molar-refractivity contribution >= 4 is 17.4 Å². The van der Waals surface area contributed by atoms with Gasteiger partial charge in [0.25, 0.3) is 5.56 Å². The van der Waals surface area contributed by atoms with Crippen LogP contribution in [0.1, 0.15) is 13.3 Å². The highest BCUT2D eigenvalue weighted by Gasteiger charge is 2.27. The van der Waals surface area contributed by atoms with Gasteiger partial charge in [-0.3, -0.25) is 4.79 Å². The van der Waals surface area contributed by atoms with Gasteiger partial charge in [-0.1, -0.05) is 18.5 Å². The summed E-state index contributed by atoms with van der Waals surface area (Å²) in [6, 6.07) is 0.395. The molecule has 0 bridgehead atoms. The van der Waals surface area contributed by atoms with E-state index < -0.39 is 0 Å². The molecule has 1 fully saturated rings. The largest absolute Gasteiger partial charge is 0.350 e. The molecule has 1 aliphatic heterocycles. The van der Waals surface area contributed by atoms with Crippen LogP contribution in [0.15, 0.2) is 11.1 Å². The number of aromatic amines is 1. The summed E-state index contributed by atoms with van der Waals surface area (Å²) in [6.45, 7) is 4.80. The number of H-pyrrole nitrogens is 1. The highest BCUT2D eigenvalue weighted by Crippen LogP contribution is 2.22. The smallest absolute Gasteiger partial charge is 0.271 e. The molecule has 16 heavy (non-hydrogen) atoms. The molecule has 2 N–H and O–H groups in total. The highest BCUT2D eigenvalue weighted by atomic mass is 35.5. The summed E-state index contributed by atoms with van der Waals surface area (Å²) < 4.78 is 0. The normalized spacial score (nSPS) is 15.9. The Labute approximate surface area is 98.8 Å². The minimum Gasteiger partial charge on any atom is -0.350 e. The van der Waals surface area contributed by atoms with E-state index in [1.54, 1.807) is 0 Å². The summed E-state index contributed by atoms with van der Waals surface area (Å²) in [5.41, 5.74) is -0.278. The van der Waals surface area contributed by atoms with Crippen LogP contribution in [-0.4, -0.2) is 35.6 Å². The van der Waals surface area contributed by atoms with E-state index in [4.69, 9.17) is 11.6 Å². The fourth-order valence-electron chi connectivity index (χ4n) is 1.77. The second-order valence-corrected chi connectivity index (χ2v) is 4.25. The SMILES string of the molecule is CCCN(c1nc[nH]c(=O)c1Cl)C1CNC1. The summed E-state index contributed by atoms with van der Waals surface area (Å²) in [4.78, 5) is 20.2. The second kappa shape index (κ2) is 4.84. The number of aromatic nitrogens is 2. The molecule has 0 unspecified atom stereocenters. The molecular weight excluding hydrogens is 228 g/mol. The van der Waals surface area contributed by atoms with Crippen LogP contribution in [0.5, 0.6) is 0 Å². The first-order valence-corrected chi connectivity index (χ1v) is 5.82. The molecule has 0 amide bonds. The van der Waals surface area contributed by atoms with Crippen LogP contribution in [0.25, 0.3) is 0 Å². The molecule has 0 saturated carbocycles. The molecule has 1 aromatic rings. The Morgan fingerprint density at radius 1 is 1.62 bits per heavy atom. The van der Waals surface area contributed by atoms with Gasteiger partial charge in [-0.2, -0.15) is 0 Å². The first-order valence-electron chi connectivity index (χ1n) is 5.44. The van der Waals surface area contributed by atoms with E-state index >= 15 is 0 Å². The number of halogens is 1. The second-order valence-electron chi connectivity index (χ2n) is 3.87. The van der Waals surface area contributed by atoms with Crippen molar-refractivity contribution < 1.29 is 0 Å². The van der Waals surface area contributed by atoms with Gasteiger partial charge in [0, 0.05) is 19.6 Å². The Morgan fingerprint density at radius 2 is 2.38 bits per heavy atom. The van der Waals surface area contributed by atoms with Gasteiger partial charge in [-0.05, 0) is 6.42 Å². The van der Waals surface area contributed by atoms with Crippen molar-refractivity contribution in [3.05, 3.63) is 21.7 Å². The topological polar surface area (TPSA) is 61.0 Å². The molecule has 2 heterocycles. The van der Waals surface area contributed by atoms with E-state index in [2.05, 4.69) is 27.1 Å². The van der Waals surface area contributed by atoms with E-state index in [1.807, 2.05) is 0 Å². The molecule has 0 radical (unpaired) electrons. The molecular formula is C10H15ClN4O. The minimum absolute atomic E-state index is 0.183. The highest BCUT2D eigenvalue weighted by molar-refractivity contribution is 6.32. The monoisotopic (exact) mass is 242 g/mol. The number of hydrogen-bond donors (Lipinski definition) is 2. The molecule has 1 aromatic heterocycles. The summed E-state index contributed by atoms with van der Waals surface area (Å²) in [5.74, 6) is 0.596. The van der Waals surface area contributed by atoms with Crippen molar-refractivity contribution in [3.63, 3.8) is 0 Å². The van der Waals surface area contributed by atoms with Gasteiger partial charge < -0.3 is 15.2 Å². The molecule has 0 atom stereocenters. The molecule has 1 aliphatic rings. The van der Waals surface area contributed by atoms with Crippen LogP contribution >= 0.6 is 11.6 Å². The zero-order chi connectivity index (χ0) is 11.5. The van der Waals surface area contributed by atoms with E-state index in [0.717, 1.165) is 26.1 Å². The average molecular weight is 243 g/mol. The van der Waals surface area contributed by atoms with Crippen LogP contribution in [0.3, 0.4) is 0 Å². The number of nitrogens with zero attached hydrogens (tertiary/aromatic N) is 2. The molecule has 6 heteroatoms. The van der Waals surface area contributed by atoms with Crippen LogP contribution in [0.2, 0.25) is 5.02 Å². The average Bonchev–Trinajstić information content (AvgIpc) is 2.19. The predicted molar refractivity (Wildman–Crippen MR) is 64.2 cm³/mol. The van der Waals surface area contributed by atoms with Crippen molar-refractivity contribution in [2.24, 2.45) is 0 Å². The van der Waals surface area contributed by atoms with Gasteiger partial charge in [0.15, 0.2) is 5.82 Å². The molecule has 2 rings (SSSR count). The van der Waals surface area contributed by atoms with Crippen LogP contribution in [0.4, 0.5) is 5.82 Å². The maximum Gasteiger partial charge on any atom is 0.271 e. The third-order valence-corrected chi connectivity index (χ3v) is 3.06. The summed E-state index contributed by atoms with van der Waals surface area (Å²) >= 11 is 5.98. The van der Waals surface area contributed by atoms with Gasteiger partial charge >= 0.3 is 0 Å². The Kier molecular flexibility index (Phi) is 3.46. The molecule has 0 aromatic carbocycles. The van der Waals surface area contributed by atoms with E-state index in [9.17, 15) is 4.79 Å². The maximum atomic E-state index is 11.4. The molecule has 88 valence electrons. The minimum atomic E-state index is -0.278. The molecule has 5 nitrogen and oxygen atoms in total. The Bertz CT molecular complexity index is 416. The summed E-state index contributed by atoms with van der Waals surface area (Å²) in [5, 5.41) is 3.39. The lowest BCUT2D eigenvalue weighted by Gasteiger charge is -2.39. The fourth-order valence-corrected chi connectivity index (χ4v) is 1.98. The molecule has 0 aliphatic carbocycles. The van der Waals surface area contributed by atoms with Crippen molar-refractivity contribution in [3.8, 4) is 0 Å². The summed E-state index contributed by atoms with van der Waals surface area (Å²) in [7, 11) is 0. The van der Waals surface area contributed by atoms with Crippen molar-refractivity contribution in [2.75, 3.05) is 24.5 Å². The van der Waals surface area contributed by atoms with Crippen LogP contribution < -0.4 is 15.8 Å². The summed E-state index contributed by atoms with van der Waals surface area (Å²) in [6.07, 6.45) is 2.40. The first-order chi connectivity index (χ1) is 7.74. The zero-order valence-corrected chi connectivity index (χ0v) is 9.92. The third kappa shape index (κ3) is 2.05. The maximum absolute atomic E-state index is 11.4. The van der Waals surface area contributed by atoms with Gasteiger partial charge in [0.1, 0.15) is 5.02 Å². The quantitative estimate of drug-likeness (QED) is 0.812. The number of hydrogen-bond acceptors (Lipinski definition) is 4. The Hall–Kier alpha value is -1.07. The van der Waals surface area contributed by atoms with E-state index in [0.29, 0.717) is 11.9 Å². The number of anilines is 1. The lowest BCUT2D eigenvalue weighted by Crippen LogP contribution is -2.58. The van der Waals surface area contributed by atoms with Crippen molar-refractivity contribution in [1.82, 2.24) is 15.3 Å². The number of rotatable bonds is 4. The Morgan fingerprint density at radius 3 is 2.94 bits per heavy atom. The van der Waals surface area contributed by atoms with Crippen molar-refractivity contribution in [2.45, 2.75) is 19.4 Å². The lowest BCUT2D eigenvalue weighted by atomic mass is 10.1. The Balaban J connectivity index is 2.30. The van der Waals surface area contributed by atoms with Crippen LogP contribution in [-0.2, 0) is 0 Å². The van der Waals surface area contributed by atoms with Gasteiger partial charge in [0.2, 0.25) is 0 Å². The van der Waals surface area contributed by atoms with Gasteiger partial charge in [0.05, 0.1) is 12.4 Å². The predicted octanol–water partition coefficient (Wildman–Crippen LogP) is 0.612. The van der Waals surface area contributed by atoms with Gasteiger partial charge in [-0.25, -0.2) is 4.98 Å². The number of nitrogens with one attached hydrogen (secondary N) is 2. The molecule has 0 spiro atoms.